The molecule has 0 bridgehead atoms. The number of rotatable bonds is 5. The molecule has 2 heterocycles. The van der Waals surface area contributed by atoms with Crippen molar-refractivity contribution in [2.24, 2.45) is 5.41 Å². The minimum Gasteiger partial charge on any atom is -0.378 e. The first kappa shape index (κ1) is 16.5. The van der Waals surface area contributed by atoms with Gasteiger partial charge in [0.15, 0.2) is 0 Å². The quantitative estimate of drug-likeness (QED) is 0.906. The van der Waals surface area contributed by atoms with Crippen molar-refractivity contribution in [1.82, 2.24) is 15.1 Å². The van der Waals surface area contributed by atoms with E-state index in [1.807, 2.05) is 4.68 Å². The van der Waals surface area contributed by atoms with Crippen LogP contribution in [0.3, 0.4) is 0 Å². The van der Waals surface area contributed by atoms with Gasteiger partial charge in [-0.25, -0.2) is 0 Å². The monoisotopic (exact) mass is 293 g/mol. The van der Waals surface area contributed by atoms with Crippen LogP contribution in [0.1, 0.15) is 59.7 Å². The normalized spacial score (nSPS) is 26.7. The smallest absolute Gasteiger partial charge is 0.0631 e. The SMILES string of the molecule is CC(C)n1ccc(CC2(CNC(C)(C)C)CCOC2C)n1. The Morgan fingerprint density at radius 3 is 2.67 bits per heavy atom. The molecular weight excluding hydrogens is 262 g/mol. The molecule has 2 atom stereocenters. The van der Waals surface area contributed by atoms with Gasteiger partial charge in [0.2, 0.25) is 0 Å². The highest BCUT2D eigenvalue weighted by Gasteiger charge is 2.42. The molecule has 0 aliphatic carbocycles. The van der Waals surface area contributed by atoms with E-state index in [1.54, 1.807) is 0 Å². The fraction of sp³-hybridized carbons (Fsp3) is 0.824. The molecule has 0 saturated carbocycles. The standard InChI is InChI=1S/C17H31N3O/c1-13(2)20-9-7-15(19-20)11-17(8-10-21-14(17)3)12-18-16(4,5)6/h7,9,13-14,18H,8,10-12H2,1-6H3. The molecule has 1 aromatic rings. The van der Waals surface area contributed by atoms with Gasteiger partial charge in [0.05, 0.1) is 11.8 Å². The second-order valence-electron chi connectivity index (χ2n) is 7.79. The van der Waals surface area contributed by atoms with Crippen LogP contribution in [-0.2, 0) is 11.2 Å². The lowest BCUT2D eigenvalue weighted by atomic mass is 9.77. The molecule has 1 aliphatic heterocycles. The highest BCUT2D eigenvalue weighted by atomic mass is 16.5. The zero-order valence-corrected chi connectivity index (χ0v) is 14.4. The van der Waals surface area contributed by atoms with Gasteiger partial charge < -0.3 is 10.1 Å². The summed E-state index contributed by atoms with van der Waals surface area (Å²) in [7, 11) is 0. The summed E-state index contributed by atoms with van der Waals surface area (Å²) in [5.41, 5.74) is 1.47. The summed E-state index contributed by atoms with van der Waals surface area (Å²) in [5.74, 6) is 0. The van der Waals surface area contributed by atoms with Gasteiger partial charge >= 0.3 is 0 Å². The molecule has 1 aromatic heterocycles. The number of hydrogen-bond acceptors (Lipinski definition) is 3. The topological polar surface area (TPSA) is 39.1 Å². The van der Waals surface area contributed by atoms with E-state index in [2.05, 4.69) is 59.1 Å². The van der Waals surface area contributed by atoms with Gasteiger partial charge in [0, 0.05) is 42.8 Å². The van der Waals surface area contributed by atoms with E-state index in [0.717, 1.165) is 26.0 Å². The third-order valence-electron chi connectivity index (χ3n) is 4.53. The predicted octanol–water partition coefficient (Wildman–Crippen LogP) is 3.19. The van der Waals surface area contributed by atoms with Crippen LogP contribution in [0.15, 0.2) is 12.3 Å². The van der Waals surface area contributed by atoms with E-state index >= 15 is 0 Å². The Morgan fingerprint density at radius 1 is 1.48 bits per heavy atom. The lowest BCUT2D eigenvalue weighted by molar-refractivity contribution is 0.0592. The Bertz CT molecular complexity index is 461. The van der Waals surface area contributed by atoms with Crippen LogP contribution in [0.25, 0.3) is 0 Å². The summed E-state index contributed by atoms with van der Waals surface area (Å²) in [6, 6.07) is 2.57. The minimum absolute atomic E-state index is 0.132. The Kier molecular flexibility index (Phi) is 4.79. The van der Waals surface area contributed by atoms with Crippen molar-refractivity contribution < 1.29 is 4.74 Å². The second kappa shape index (κ2) is 6.09. The van der Waals surface area contributed by atoms with Crippen LogP contribution in [0.2, 0.25) is 0 Å². The molecule has 1 fully saturated rings. The van der Waals surface area contributed by atoms with Gasteiger partial charge in [-0.1, -0.05) is 0 Å². The summed E-state index contributed by atoms with van der Waals surface area (Å²) >= 11 is 0. The molecule has 21 heavy (non-hydrogen) atoms. The van der Waals surface area contributed by atoms with Crippen molar-refractivity contribution in [3.05, 3.63) is 18.0 Å². The number of hydrogen-bond donors (Lipinski definition) is 1. The lowest BCUT2D eigenvalue weighted by Gasteiger charge is -2.35. The van der Waals surface area contributed by atoms with Crippen molar-refractivity contribution in [3.8, 4) is 0 Å². The Labute approximate surface area is 129 Å². The number of nitrogens with one attached hydrogen (secondary N) is 1. The maximum Gasteiger partial charge on any atom is 0.0631 e. The van der Waals surface area contributed by atoms with Crippen LogP contribution in [-0.4, -0.2) is 34.6 Å². The first-order valence-corrected chi connectivity index (χ1v) is 8.12. The van der Waals surface area contributed by atoms with E-state index in [0.29, 0.717) is 6.04 Å². The molecule has 0 aromatic carbocycles. The van der Waals surface area contributed by atoms with Crippen LogP contribution in [0.5, 0.6) is 0 Å². The molecular formula is C17H31N3O. The Morgan fingerprint density at radius 2 is 2.19 bits per heavy atom. The number of nitrogens with zero attached hydrogens (tertiary/aromatic N) is 2. The van der Waals surface area contributed by atoms with Crippen molar-refractivity contribution in [3.63, 3.8) is 0 Å². The van der Waals surface area contributed by atoms with E-state index in [9.17, 15) is 0 Å². The van der Waals surface area contributed by atoms with Gasteiger partial charge in [0.1, 0.15) is 0 Å². The third-order valence-corrected chi connectivity index (χ3v) is 4.53. The molecule has 4 heteroatoms. The van der Waals surface area contributed by atoms with E-state index in [1.165, 1.54) is 5.69 Å². The highest BCUT2D eigenvalue weighted by molar-refractivity contribution is 5.07. The Hall–Kier alpha value is -0.870. The molecule has 2 unspecified atom stereocenters. The number of ether oxygens (including phenoxy) is 1. The maximum absolute atomic E-state index is 5.89. The largest absolute Gasteiger partial charge is 0.378 e. The zero-order chi connectivity index (χ0) is 15.7. The van der Waals surface area contributed by atoms with Crippen LogP contribution in [0, 0.1) is 5.41 Å². The number of aromatic nitrogens is 2. The van der Waals surface area contributed by atoms with Crippen LogP contribution >= 0.6 is 0 Å². The fourth-order valence-electron chi connectivity index (χ4n) is 2.91. The summed E-state index contributed by atoms with van der Waals surface area (Å²) in [5, 5.41) is 8.40. The third kappa shape index (κ3) is 4.07. The first-order valence-electron chi connectivity index (χ1n) is 8.12. The molecule has 1 saturated heterocycles. The van der Waals surface area contributed by atoms with Crippen LogP contribution in [0.4, 0.5) is 0 Å². The predicted molar refractivity (Wildman–Crippen MR) is 86.5 cm³/mol. The van der Waals surface area contributed by atoms with Crippen molar-refractivity contribution in [2.75, 3.05) is 13.2 Å². The average Bonchev–Trinajstić information content (AvgIpc) is 2.95. The molecule has 4 nitrogen and oxygen atoms in total. The minimum atomic E-state index is 0.132. The summed E-state index contributed by atoms with van der Waals surface area (Å²) in [6.07, 6.45) is 4.45. The van der Waals surface area contributed by atoms with Gasteiger partial charge in [-0.05, 0) is 54.0 Å². The molecule has 2 rings (SSSR count). The van der Waals surface area contributed by atoms with Gasteiger partial charge in [0.25, 0.3) is 0 Å². The lowest BCUT2D eigenvalue weighted by Crippen LogP contribution is -2.47. The summed E-state index contributed by atoms with van der Waals surface area (Å²) < 4.78 is 7.93. The first-order chi connectivity index (χ1) is 9.72. The molecule has 120 valence electrons. The zero-order valence-electron chi connectivity index (χ0n) is 14.4. The van der Waals surface area contributed by atoms with Gasteiger partial charge in [-0.15, -0.1) is 0 Å². The second-order valence-corrected chi connectivity index (χ2v) is 7.79. The molecule has 0 radical (unpaired) electrons. The summed E-state index contributed by atoms with van der Waals surface area (Å²) in [6.45, 7) is 15.0. The highest BCUT2D eigenvalue weighted by Crippen LogP contribution is 2.38. The van der Waals surface area contributed by atoms with Gasteiger partial charge in [-0.2, -0.15) is 5.10 Å². The Balaban J connectivity index is 2.12. The van der Waals surface area contributed by atoms with Crippen molar-refractivity contribution >= 4 is 0 Å². The van der Waals surface area contributed by atoms with Crippen molar-refractivity contribution in [1.29, 1.82) is 0 Å². The van der Waals surface area contributed by atoms with E-state index < -0.39 is 0 Å². The molecule has 1 N–H and O–H groups in total. The summed E-state index contributed by atoms with van der Waals surface area (Å²) in [4.78, 5) is 0. The maximum atomic E-state index is 5.89. The van der Waals surface area contributed by atoms with E-state index in [4.69, 9.17) is 9.84 Å². The average molecular weight is 293 g/mol. The van der Waals surface area contributed by atoms with E-state index in [-0.39, 0.29) is 17.1 Å². The molecule has 0 spiro atoms. The molecule has 1 aliphatic rings. The van der Waals surface area contributed by atoms with Crippen LogP contribution < -0.4 is 5.32 Å². The molecule has 0 amide bonds. The van der Waals surface area contributed by atoms with Gasteiger partial charge in [-0.3, -0.25) is 4.68 Å². The van der Waals surface area contributed by atoms with Crippen molar-refractivity contribution in [2.45, 2.75) is 72.1 Å². The fourth-order valence-corrected chi connectivity index (χ4v) is 2.91.